The van der Waals surface area contributed by atoms with Crippen LogP contribution < -0.4 is 0 Å². The van der Waals surface area contributed by atoms with Gasteiger partial charge in [-0.25, -0.2) is 0 Å². The van der Waals surface area contributed by atoms with Crippen molar-refractivity contribution in [1.82, 2.24) is 4.90 Å². The molecule has 0 spiro atoms. The first-order valence-electron chi connectivity index (χ1n) is 16.4. The van der Waals surface area contributed by atoms with Crippen LogP contribution in [0.3, 0.4) is 0 Å². The van der Waals surface area contributed by atoms with Gasteiger partial charge in [0.2, 0.25) is 0 Å². The maximum absolute atomic E-state index is 11.2. The van der Waals surface area contributed by atoms with E-state index in [0.29, 0.717) is 24.3 Å². The Kier molecular flexibility index (Phi) is 10.3. The average Bonchev–Trinajstić information content (AvgIpc) is 3.29. The zero-order chi connectivity index (χ0) is 25.6. The molecule has 4 aliphatic carbocycles. The number of aliphatic carboxylic acids is 1. The third-order valence-corrected chi connectivity index (χ3v) is 12.9. The molecule has 4 fully saturated rings. The maximum atomic E-state index is 11.2. The zero-order valence-electron chi connectivity index (χ0n) is 23.8. The van der Waals surface area contributed by atoms with Crippen molar-refractivity contribution >= 4 is 17.7 Å². The predicted molar refractivity (Wildman–Crippen MR) is 157 cm³/mol. The number of hydrogen-bond acceptors (Lipinski definition) is 3. The normalized spacial score (nSPS) is 37.3. The van der Waals surface area contributed by atoms with Gasteiger partial charge in [0.15, 0.2) is 0 Å². The third-order valence-electron chi connectivity index (χ3n) is 11.3. The van der Waals surface area contributed by atoms with Crippen LogP contribution in [0.25, 0.3) is 0 Å². The Hall–Kier alpha value is -0.640. The van der Waals surface area contributed by atoms with Crippen molar-refractivity contribution in [1.29, 1.82) is 0 Å². The molecule has 4 heteroatoms. The Morgan fingerprint density at radius 1 is 0.892 bits per heavy atom. The molecule has 1 heterocycles. The van der Waals surface area contributed by atoms with Crippen molar-refractivity contribution in [3.63, 3.8) is 0 Å². The molecule has 5 aliphatic rings. The van der Waals surface area contributed by atoms with Gasteiger partial charge in [0.25, 0.3) is 0 Å². The minimum Gasteiger partial charge on any atom is -0.481 e. The minimum atomic E-state index is -0.615. The van der Waals surface area contributed by atoms with E-state index in [4.69, 9.17) is 0 Å². The highest BCUT2D eigenvalue weighted by atomic mass is 32.2. The molecule has 5 unspecified atom stereocenters. The lowest BCUT2D eigenvalue weighted by Gasteiger charge is -2.43. The minimum absolute atomic E-state index is 0.355. The van der Waals surface area contributed by atoms with Crippen LogP contribution in [0, 0.1) is 29.6 Å². The molecule has 37 heavy (non-hydrogen) atoms. The smallest absolute Gasteiger partial charge is 0.303 e. The molecule has 0 aromatic carbocycles. The van der Waals surface area contributed by atoms with E-state index in [1.165, 1.54) is 121 Å². The Bertz CT molecular complexity index is 753. The molecule has 1 N–H and O–H groups in total. The van der Waals surface area contributed by atoms with E-state index in [1.807, 2.05) is 0 Å². The van der Waals surface area contributed by atoms with Crippen LogP contribution in [0.5, 0.6) is 0 Å². The summed E-state index contributed by atoms with van der Waals surface area (Å²) in [5.74, 6) is 4.99. The fourth-order valence-corrected chi connectivity index (χ4v) is 10.5. The SMILES string of the molecule is CC1CCCCC1CSC1CCC(N2C=C(CCC3CCCCC3)C3CC(CCC(=O)O)CCC32)CC1. The van der Waals surface area contributed by atoms with Gasteiger partial charge in [0.1, 0.15) is 0 Å². The zero-order valence-corrected chi connectivity index (χ0v) is 24.6. The summed E-state index contributed by atoms with van der Waals surface area (Å²) in [6, 6.07) is 1.46. The standard InChI is InChI=1S/C33H55NO2S/c1-24-7-5-6-10-28(24)23-37-30-17-15-29(16-18-30)34-22-27(14-11-25-8-3-2-4-9-25)31-21-26(12-19-32(31)34)13-20-33(35)36/h22,24-26,28-32H,2-21,23H2,1H3,(H,35,36). The summed E-state index contributed by atoms with van der Waals surface area (Å²) in [5.41, 5.74) is 1.75. The van der Waals surface area contributed by atoms with E-state index in [2.05, 4.69) is 29.8 Å². The van der Waals surface area contributed by atoms with E-state index >= 15 is 0 Å². The lowest BCUT2D eigenvalue weighted by atomic mass is 9.73. The van der Waals surface area contributed by atoms with Crippen LogP contribution in [0.15, 0.2) is 11.8 Å². The highest BCUT2D eigenvalue weighted by molar-refractivity contribution is 7.99. The Morgan fingerprint density at radius 3 is 2.41 bits per heavy atom. The maximum Gasteiger partial charge on any atom is 0.303 e. The number of carboxylic acids is 1. The summed E-state index contributed by atoms with van der Waals surface area (Å²) < 4.78 is 0. The van der Waals surface area contributed by atoms with Crippen molar-refractivity contribution in [2.75, 3.05) is 5.75 Å². The summed E-state index contributed by atoms with van der Waals surface area (Å²) in [5, 5.41) is 10.1. The molecule has 3 nitrogen and oxygen atoms in total. The molecule has 0 aromatic rings. The summed E-state index contributed by atoms with van der Waals surface area (Å²) in [6.07, 6.45) is 29.1. The molecular formula is C33H55NO2S. The highest BCUT2D eigenvalue weighted by Gasteiger charge is 2.42. The fraction of sp³-hybridized carbons (Fsp3) is 0.909. The number of carboxylic acid groups (broad SMARTS) is 1. The molecule has 5 atom stereocenters. The molecule has 1 aliphatic heterocycles. The number of thioether (sulfide) groups is 1. The van der Waals surface area contributed by atoms with Gasteiger partial charge in [0, 0.05) is 29.7 Å². The highest BCUT2D eigenvalue weighted by Crippen LogP contribution is 2.47. The van der Waals surface area contributed by atoms with Gasteiger partial charge in [-0.1, -0.05) is 58.3 Å². The second kappa shape index (κ2) is 13.6. The lowest BCUT2D eigenvalue weighted by molar-refractivity contribution is -0.137. The van der Waals surface area contributed by atoms with Crippen LogP contribution in [0.1, 0.15) is 135 Å². The number of nitrogens with zero attached hydrogens (tertiary/aromatic N) is 1. The van der Waals surface area contributed by atoms with Crippen LogP contribution in [-0.2, 0) is 4.79 Å². The molecule has 0 amide bonds. The Morgan fingerprint density at radius 2 is 1.65 bits per heavy atom. The molecule has 0 saturated heterocycles. The van der Waals surface area contributed by atoms with Crippen LogP contribution in [0.2, 0.25) is 0 Å². The quantitative estimate of drug-likeness (QED) is 0.306. The van der Waals surface area contributed by atoms with Gasteiger partial charge in [0.05, 0.1) is 0 Å². The van der Waals surface area contributed by atoms with Gasteiger partial charge in [-0.2, -0.15) is 11.8 Å². The summed E-state index contributed by atoms with van der Waals surface area (Å²) in [7, 11) is 0. The Labute approximate surface area is 232 Å². The largest absolute Gasteiger partial charge is 0.481 e. The number of rotatable bonds is 10. The van der Waals surface area contributed by atoms with E-state index < -0.39 is 5.97 Å². The molecule has 210 valence electrons. The van der Waals surface area contributed by atoms with E-state index in [1.54, 1.807) is 5.57 Å². The second-order valence-electron chi connectivity index (χ2n) is 13.8. The van der Waals surface area contributed by atoms with E-state index in [0.717, 1.165) is 35.5 Å². The average molecular weight is 530 g/mol. The molecular weight excluding hydrogens is 474 g/mol. The first kappa shape index (κ1) is 27.9. The van der Waals surface area contributed by atoms with Crippen molar-refractivity contribution in [3.05, 3.63) is 11.8 Å². The molecule has 0 radical (unpaired) electrons. The molecule has 5 rings (SSSR count). The first-order valence-corrected chi connectivity index (χ1v) is 17.4. The van der Waals surface area contributed by atoms with Gasteiger partial charge < -0.3 is 10.0 Å². The lowest BCUT2D eigenvalue weighted by Crippen LogP contribution is -2.44. The summed E-state index contributed by atoms with van der Waals surface area (Å²) in [4.78, 5) is 14.1. The fourth-order valence-electron chi connectivity index (χ4n) is 8.85. The van der Waals surface area contributed by atoms with Crippen molar-refractivity contribution in [2.24, 2.45) is 29.6 Å². The summed E-state index contributed by atoms with van der Waals surface area (Å²) in [6.45, 7) is 2.50. The van der Waals surface area contributed by atoms with E-state index in [9.17, 15) is 9.90 Å². The van der Waals surface area contributed by atoms with Crippen LogP contribution in [-0.4, -0.2) is 39.1 Å². The van der Waals surface area contributed by atoms with Crippen LogP contribution in [0.4, 0.5) is 0 Å². The topological polar surface area (TPSA) is 40.5 Å². The number of carbonyl (C=O) groups is 1. The van der Waals surface area contributed by atoms with Gasteiger partial charge in [-0.3, -0.25) is 4.79 Å². The molecule has 0 aromatic heterocycles. The number of hydrogen-bond donors (Lipinski definition) is 1. The molecule has 4 saturated carbocycles. The van der Waals surface area contributed by atoms with Gasteiger partial charge in [-0.15, -0.1) is 0 Å². The second-order valence-corrected chi connectivity index (χ2v) is 15.1. The molecule has 0 bridgehead atoms. The summed E-state index contributed by atoms with van der Waals surface area (Å²) >= 11 is 2.33. The van der Waals surface area contributed by atoms with Crippen molar-refractivity contribution in [2.45, 2.75) is 153 Å². The van der Waals surface area contributed by atoms with Gasteiger partial charge >= 0.3 is 5.97 Å². The third kappa shape index (κ3) is 7.52. The Balaban J connectivity index is 1.16. The number of fused-ring (bicyclic) bond motifs is 1. The first-order chi connectivity index (χ1) is 18.1. The van der Waals surface area contributed by atoms with Crippen molar-refractivity contribution < 1.29 is 9.90 Å². The van der Waals surface area contributed by atoms with Crippen molar-refractivity contribution in [3.8, 4) is 0 Å². The van der Waals surface area contributed by atoms with Crippen LogP contribution >= 0.6 is 11.8 Å². The monoisotopic (exact) mass is 529 g/mol. The van der Waals surface area contributed by atoms with E-state index in [-0.39, 0.29) is 0 Å². The van der Waals surface area contributed by atoms with Gasteiger partial charge in [-0.05, 0) is 112 Å². The predicted octanol–water partition coefficient (Wildman–Crippen LogP) is 9.07.